The minimum Gasteiger partial charge on any atom is -0.756 e. The Kier molecular flexibility index (Phi) is 52.9. The number of esters is 1. The molecule has 0 bridgehead atoms. The molecule has 0 saturated heterocycles. The van der Waals surface area contributed by atoms with Crippen LogP contribution in [0.15, 0.2) is 72.9 Å². The van der Waals surface area contributed by atoms with Crippen molar-refractivity contribution in [3.05, 3.63) is 72.9 Å². The van der Waals surface area contributed by atoms with Crippen molar-refractivity contribution >= 4 is 19.7 Å². The molecule has 0 saturated carbocycles. The molecule has 436 valence electrons. The largest absolute Gasteiger partial charge is 0.756 e. The zero-order chi connectivity index (χ0) is 55.0. The third-order valence-electron chi connectivity index (χ3n) is 13.7. The fourth-order valence-electron chi connectivity index (χ4n) is 8.85. The molecule has 0 heterocycles. The molecule has 3 atom stereocenters. The monoisotopic (exact) mass is 1070 g/mol. The minimum atomic E-state index is -4.70. The number of hydrogen-bond acceptors (Lipinski definition) is 7. The molecule has 0 spiro atoms. The summed E-state index contributed by atoms with van der Waals surface area (Å²) in [6.45, 7) is 6.69. The molecule has 10 heteroatoms. The van der Waals surface area contributed by atoms with Crippen molar-refractivity contribution in [2.45, 2.75) is 290 Å². The highest BCUT2D eigenvalue weighted by Crippen LogP contribution is 2.38. The van der Waals surface area contributed by atoms with E-state index in [9.17, 15) is 19.0 Å². The van der Waals surface area contributed by atoms with Crippen LogP contribution in [0.3, 0.4) is 0 Å². The standard InChI is InChI=1S/C65H119N2O7P/c1-7-10-13-16-19-22-25-28-30-31-32-33-34-35-37-39-42-45-48-51-54-57-64(68)66-62(61-73-75(70,71)72-60-59-67(4,5)6)63(56-53-50-47-44-41-38-27-24-21-18-15-12-9-3)74-65(69)58-55-52-49-46-43-40-36-29-26-23-20-17-14-11-8-2/h11,14,17,19-20,22-23,26,28,30,53,56,62-63H,7-10,12-13,15-16,18,21,24-25,27,29,31-52,54-55,57-61H2,1-6H3,(H-,66,68,70,71)/b14-11+,20-17+,22-19-,26-23+,30-28-,56-53-. The van der Waals surface area contributed by atoms with Gasteiger partial charge in [-0.05, 0) is 83.1 Å². The van der Waals surface area contributed by atoms with Gasteiger partial charge in [0.05, 0.1) is 33.8 Å². The Morgan fingerprint density at radius 2 is 0.907 bits per heavy atom. The van der Waals surface area contributed by atoms with Crippen molar-refractivity contribution in [1.82, 2.24) is 5.32 Å². The van der Waals surface area contributed by atoms with E-state index in [0.717, 1.165) is 83.5 Å². The van der Waals surface area contributed by atoms with Crippen LogP contribution < -0.4 is 10.2 Å². The van der Waals surface area contributed by atoms with Gasteiger partial charge in [-0.25, -0.2) is 0 Å². The van der Waals surface area contributed by atoms with E-state index in [2.05, 4.69) is 86.8 Å². The van der Waals surface area contributed by atoms with E-state index in [-0.39, 0.29) is 24.9 Å². The lowest BCUT2D eigenvalue weighted by Crippen LogP contribution is -2.47. The smallest absolute Gasteiger partial charge is 0.306 e. The van der Waals surface area contributed by atoms with E-state index in [4.69, 9.17) is 13.8 Å². The highest BCUT2D eigenvalue weighted by molar-refractivity contribution is 7.45. The lowest BCUT2D eigenvalue weighted by Gasteiger charge is -2.30. The van der Waals surface area contributed by atoms with E-state index in [1.54, 1.807) is 0 Å². The van der Waals surface area contributed by atoms with Crippen molar-refractivity contribution in [2.24, 2.45) is 0 Å². The maximum absolute atomic E-state index is 13.5. The van der Waals surface area contributed by atoms with Gasteiger partial charge in [0.15, 0.2) is 0 Å². The molecule has 0 aliphatic rings. The van der Waals surface area contributed by atoms with Crippen LogP contribution in [0.5, 0.6) is 0 Å². The van der Waals surface area contributed by atoms with Gasteiger partial charge in [-0.1, -0.05) is 255 Å². The number of phosphoric ester groups is 1. The summed E-state index contributed by atoms with van der Waals surface area (Å²) in [5, 5.41) is 3.03. The van der Waals surface area contributed by atoms with Crippen LogP contribution in [-0.4, -0.2) is 69.4 Å². The van der Waals surface area contributed by atoms with Crippen molar-refractivity contribution in [2.75, 3.05) is 40.9 Å². The number of nitrogens with zero attached hydrogens (tertiary/aromatic N) is 1. The molecule has 0 radical (unpaired) electrons. The average molecular weight is 1070 g/mol. The van der Waals surface area contributed by atoms with Crippen molar-refractivity contribution < 1.29 is 37.3 Å². The molecule has 1 N–H and O–H groups in total. The van der Waals surface area contributed by atoms with Crippen molar-refractivity contribution in [3.8, 4) is 0 Å². The van der Waals surface area contributed by atoms with Crippen molar-refractivity contribution in [3.63, 3.8) is 0 Å². The third-order valence-corrected chi connectivity index (χ3v) is 14.6. The second-order valence-corrected chi connectivity index (χ2v) is 23.6. The zero-order valence-electron chi connectivity index (χ0n) is 49.7. The number of unbranched alkanes of at least 4 members (excludes halogenated alkanes) is 32. The lowest BCUT2D eigenvalue weighted by atomic mass is 10.0. The van der Waals surface area contributed by atoms with Gasteiger partial charge < -0.3 is 28.5 Å². The lowest BCUT2D eigenvalue weighted by molar-refractivity contribution is -0.870. The second-order valence-electron chi connectivity index (χ2n) is 22.2. The molecule has 75 heavy (non-hydrogen) atoms. The van der Waals surface area contributed by atoms with Gasteiger partial charge in [-0.3, -0.25) is 14.2 Å². The van der Waals surface area contributed by atoms with Crippen LogP contribution in [0.4, 0.5) is 0 Å². The first kappa shape index (κ1) is 72.5. The number of quaternary nitrogens is 1. The van der Waals surface area contributed by atoms with E-state index < -0.39 is 26.6 Å². The molecule has 0 aromatic heterocycles. The van der Waals surface area contributed by atoms with Crippen LogP contribution in [0.1, 0.15) is 278 Å². The Balaban J connectivity index is 5.25. The molecule has 1 amide bonds. The number of nitrogens with one attached hydrogen (secondary N) is 1. The summed E-state index contributed by atoms with van der Waals surface area (Å²) in [5.41, 5.74) is 0. The maximum atomic E-state index is 13.5. The summed E-state index contributed by atoms with van der Waals surface area (Å²) >= 11 is 0. The molecule has 0 aliphatic carbocycles. The predicted octanol–water partition coefficient (Wildman–Crippen LogP) is 18.6. The number of hydrogen-bond donors (Lipinski definition) is 1. The summed E-state index contributed by atoms with van der Waals surface area (Å²) in [6.07, 6.45) is 70.0. The van der Waals surface area contributed by atoms with Gasteiger partial charge >= 0.3 is 5.97 Å². The molecule has 0 aromatic rings. The number of likely N-dealkylation sites (N-methyl/N-ethyl adjacent to an activating group) is 1. The van der Waals surface area contributed by atoms with Crippen molar-refractivity contribution in [1.29, 1.82) is 0 Å². The zero-order valence-corrected chi connectivity index (χ0v) is 50.6. The van der Waals surface area contributed by atoms with Gasteiger partial charge in [0.25, 0.3) is 7.82 Å². The molecule has 3 unspecified atom stereocenters. The third kappa shape index (κ3) is 56.0. The Bertz CT molecular complexity index is 1510. The van der Waals surface area contributed by atoms with Crippen LogP contribution in [0.2, 0.25) is 0 Å². The molecule has 0 rings (SSSR count). The SMILES string of the molecule is CC/C=C/C=C/C=C/CCCCCCCCCC(=O)OC(/C=C\CCCCCCCCCCCCC)C(COP(=O)([O-])OCC[N+](C)(C)C)NC(=O)CCCCCCCCCCCCC/C=C\C/C=C\CCCCC. The Hall–Kier alpha value is -2.55. The van der Waals surface area contributed by atoms with Gasteiger partial charge in [-0.2, -0.15) is 0 Å². The van der Waals surface area contributed by atoms with Gasteiger partial charge in [-0.15, -0.1) is 0 Å². The number of ether oxygens (including phenoxy) is 1. The van der Waals surface area contributed by atoms with E-state index in [0.29, 0.717) is 17.4 Å². The number of rotatable bonds is 56. The van der Waals surface area contributed by atoms with Crippen LogP contribution >= 0.6 is 7.82 Å². The minimum absolute atomic E-state index is 0.0267. The fourth-order valence-corrected chi connectivity index (χ4v) is 9.57. The quantitative estimate of drug-likeness (QED) is 0.0161. The summed E-state index contributed by atoms with van der Waals surface area (Å²) in [6, 6.07) is -0.896. The number of carbonyl (C=O) groups is 2. The van der Waals surface area contributed by atoms with E-state index >= 15 is 0 Å². The Labute approximate surface area is 463 Å². The normalized spacial score (nSPS) is 14.2. The topological polar surface area (TPSA) is 114 Å². The molecule has 9 nitrogen and oxygen atoms in total. The van der Waals surface area contributed by atoms with Crippen LogP contribution in [0.25, 0.3) is 0 Å². The number of phosphoric acid groups is 1. The predicted molar refractivity (Wildman–Crippen MR) is 321 cm³/mol. The van der Waals surface area contributed by atoms with E-state index in [1.807, 2.05) is 33.3 Å². The number of amides is 1. The van der Waals surface area contributed by atoms with Gasteiger partial charge in [0, 0.05) is 12.8 Å². The Morgan fingerprint density at radius 3 is 1.40 bits per heavy atom. The second kappa shape index (κ2) is 54.8. The number of carbonyl (C=O) groups excluding carboxylic acids is 2. The maximum Gasteiger partial charge on any atom is 0.306 e. The fraction of sp³-hybridized carbons (Fsp3) is 0.785. The first-order valence-electron chi connectivity index (χ1n) is 31.3. The first-order valence-corrected chi connectivity index (χ1v) is 32.7. The highest BCUT2D eigenvalue weighted by Gasteiger charge is 2.27. The highest BCUT2D eigenvalue weighted by atomic mass is 31.2. The molecule has 0 aliphatic heterocycles. The summed E-state index contributed by atoms with van der Waals surface area (Å²) < 4.78 is 30.3. The van der Waals surface area contributed by atoms with E-state index in [1.165, 1.54) is 161 Å². The molecule has 0 fully saturated rings. The molecular formula is C65H119N2O7P. The average Bonchev–Trinajstić information content (AvgIpc) is 3.37. The molecule has 0 aromatic carbocycles. The molecular weight excluding hydrogens is 952 g/mol. The van der Waals surface area contributed by atoms with Gasteiger partial charge in [0.1, 0.15) is 19.3 Å². The van der Waals surface area contributed by atoms with Crippen LogP contribution in [0, 0.1) is 0 Å². The van der Waals surface area contributed by atoms with Crippen LogP contribution in [-0.2, 0) is 27.9 Å². The summed E-state index contributed by atoms with van der Waals surface area (Å²) in [7, 11) is 1.17. The summed E-state index contributed by atoms with van der Waals surface area (Å²) in [5.74, 6) is -0.554. The summed E-state index contributed by atoms with van der Waals surface area (Å²) in [4.78, 5) is 40.0. The Morgan fingerprint density at radius 1 is 0.493 bits per heavy atom. The number of allylic oxidation sites excluding steroid dienone is 11. The first-order chi connectivity index (χ1) is 36.4. The van der Waals surface area contributed by atoms with Gasteiger partial charge in [0.2, 0.25) is 5.91 Å².